The van der Waals surface area contributed by atoms with Gasteiger partial charge in [-0.2, -0.15) is 0 Å². The Morgan fingerprint density at radius 2 is 1.67 bits per heavy atom. The van der Waals surface area contributed by atoms with Crippen LogP contribution in [0.2, 0.25) is 0 Å². The van der Waals surface area contributed by atoms with Gasteiger partial charge in [0.1, 0.15) is 0 Å². The summed E-state index contributed by atoms with van der Waals surface area (Å²) in [5, 5.41) is 0. The lowest BCUT2D eigenvalue weighted by Crippen LogP contribution is -2.41. The summed E-state index contributed by atoms with van der Waals surface area (Å²) in [4.78, 5) is 0. The molecule has 1 saturated heterocycles. The van der Waals surface area contributed by atoms with Crippen molar-refractivity contribution in [1.82, 2.24) is 0 Å². The quantitative estimate of drug-likeness (QED) is 0.773. The molecule has 0 bridgehead atoms. The van der Waals surface area contributed by atoms with Crippen LogP contribution in [0.25, 0.3) is 0 Å². The van der Waals surface area contributed by atoms with Crippen molar-refractivity contribution in [2.45, 2.75) is 77.4 Å². The molecule has 0 N–H and O–H groups in total. The summed E-state index contributed by atoms with van der Waals surface area (Å²) in [5.41, 5.74) is 3.97. The van der Waals surface area contributed by atoms with Crippen molar-refractivity contribution in [2.75, 3.05) is 0 Å². The lowest BCUT2D eigenvalue weighted by molar-refractivity contribution is 0.00578. The Balaban J connectivity index is 2.00. The van der Waals surface area contributed by atoms with E-state index in [4.69, 9.17) is 9.31 Å². The molecular weight excluding hydrogens is 259 g/mol. The molecule has 1 unspecified atom stereocenters. The molecule has 3 rings (SSSR count). The zero-order valence-electron chi connectivity index (χ0n) is 14.2. The minimum atomic E-state index is -0.271. The van der Waals surface area contributed by atoms with E-state index in [0.29, 0.717) is 5.41 Å². The van der Waals surface area contributed by atoms with Crippen molar-refractivity contribution in [3.63, 3.8) is 0 Å². The third-order valence-electron chi connectivity index (χ3n) is 6.08. The van der Waals surface area contributed by atoms with Gasteiger partial charge in [0.2, 0.25) is 0 Å². The van der Waals surface area contributed by atoms with Crippen LogP contribution in [0.1, 0.15) is 65.5 Å². The summed E-state index contributed by atoms with van der Waals surface area (Å²) in [6, 6.07) is 6.64. The molecule has 3 heteroatoms. The van der Waals surface area contributed by atoms with Crippen LogP contribution in [-0.2, 0) is 21.1 Å². The second-order valence-electron chi connectivity index (χ2n) is 7.88. The number of hydrogen-bond acceptors (Lipinski definition) is 2. The Labute approximate surface area is 129 Å². The normalized spacial score (nSPS) is 29.7. The van der Waals surface area contributed by atoms with Gasteiger partial charge in [-0.15, -0.1) is 0 Å². The SMILES string of the molecule is CCC1(C)CCc2c(B3OC(C)(C)C(C)(C)O3)cccc21. The zero-order chi connectivity index (χ0) is 15.5. The van der Waals surface area contributed by atoms with Gasteiger partial charge in [0.25, 0.3) is 0 Å². The highest BCUT2D eigenvalue weighted by Crippen LogP contribution is 2.42. The highest BCUT2D eigenvalue weighted by atomic mass is 16.7. The second-order valence-corrected chi connectivity index (χ2v) is 7.88. The fourth-order valence-corrected chi connectivity index (χ4v) is 3.54. The van der Waals surface area contributed by atoms with E-state index in [1.807, 2.05) is 0 Å². The molecule has 0 aromatic heterocycles. The molecule has 1 aliphatic heterocycles. The minimum Gasteiger partial charge on any atom is -0.399 e. The molecular formula is C18H27BO2. The van der Waals surface area contributed by atoms with Gasteiger partial charge in [-0.05, 0) is 69.0 Å². The molecule has 2 aliphatic rings. The first-order valence-electron chi connectivity index (χ1n) is 8.18. The Hall–Kier alpha value is -0.795. The third-order valence-corrected chi connectivity index (χ3v) is 6.08. The van der Waals surface area contributed by atoms with Crippen molar-refractivity contribution in [3.05, 3.63) is 29.3 Å². The van der Waals surface area contributed by atoms with E-state index in [9.17, 15) is 0 Å². The predicted octanol–water partition coefficient (Wildman–Crippen LogP) is 3.60. The van der Waals surface area contributed by atoms with E-state index in [1.165, 1.54) is 29.4 Å². The fourth-order valence-electron chi connectivity index (χ4n) is 3.54. The lowest BCUT2D eigenvalue weighted by Gasteiger charge is -2.32. The Morgan fingerprint density at radius 3 is 2.24 bits per heavy atom. The summed E-state index contributed by atoms with van der Waals surface area (Å²) in [6.07, 6.45) is 3.56. The summed E-state index contributed by atoms with van der Waals surface area (Å²) in [5.74, 6) is 0. The molecule has 0 spiro atoms. The zero-order valence-corrected chi connectivity index (χ0v) is 14.2. The molecule has 2 nitrogen and oxygen atoms in total. The number of fused-ring (bicyclic) bond motifs is 1. The van der Waals surface area contributed by atoms with Gasteiger partial charge in [-0.1, -0.05) is 32.0 Å². The molecule has 0 saturated carbocycles. The fraction of sp³-hybridized carbons (Fsp3) is 0.667. The molecule has 1 aromatic rings. The van der Waals surface area contributed by atoms with Gasteiger partial charge in [0, 0.05) is 0 Å². The van der Waals surface area contributed by atoms with Gasteiger partial charge in [-0.3, -0.25) is 0 Å². The second kappa shape index (κ2) is 4.60. The standard InChI is InChI=1S/C18H27BO2/c1-7-18(6)12-11-13-14(18)9-8-10-15(13)19-20-16(2,3)17(4,5)21-19/h8-10H,7,11-12H2,1-6H3. The van der Waals surface area contributed by atoms with Crippen molar-refractivity contribution in [3.8, 4) is 0 Å². The Bertz CT molecular complexity index is 548. The number of benzene rings is 1. The van der Waals surface area contributed by atoms with Crippen LogP contribution in [0.15, 0.2) is 18.2 Å². The van der Waals surface area contributed by atoms with Crippen LogP contribution < -0.4 is 5.46 Å². The van der Waals surface area contributed by atoms with Crippen molar-refractivity contribution in [2.24, 2.45) is 0 Å². The van der Waals surface area contributed by atoms with Crippen LogP contribution >= 0.6 is 0 Å². The van der Waals surface area contributed by atoms with E-state index < -0.39 is 0 Å². The number of rotatable bonds is 2. The van der Waals surface area contributed by atoms with E-state index in [2.05, 4.69) is 59.7 Å². The first-order chi connectivity index (χ1) is 9.70. The van der Waals surface area contributed by atoms with Gasteiger partial charge in [0.05, 0.1) is 11.2 Å². The smallest absolute Gasteiger partial charge is 0.399 e. The maximum Gasteiger partial charge on any atom is 0.495 e. The van der Waals surface area contributed by atoms with E-state index >= 15 is 0 Å². The van der Waals surface area contributed by atoms with Crippen LogP contribution in [0.4, 0.5) is 0 Å². The average Bonchev–Trinajstić information content (AvgIpc) is 2.86. The molecule has 1 aliphatic carbocycles. The Kier molecular flexibility index (Phi) is 3.31. The van der Waals surface area contributed by atoms with Crippen molar-refractivity contribution >= 4 is 12.6 Å². The summed E-state index contributed by atoms with van der Waals surface area (Å²) in [7, 11) is -0.232. The molecule has 1 aromatic carbocycles. The van der Waals surface area contributed by atoms with Crippen LogP contribution in [-0.4, -0.2) is 18.3 Å². The monoisotopic (exact) mass is 286 g/mol. The van der Waals surface area contributed by atoms with Crippen LogP contribution in [0.3, 0.4) is 0 Å². The average molecular weight is 286 g/mol. The maximum atomic E-state index is 6.25. The molecule has 1 atom stereocenters. The van der Waals surface area contributed by atoms with Crippen LogP contribution in [0, 0.1) is 0 Å². The first-order valence-corrected chi connectivity index (χ1v) is 8.18. The lowest BCUT2D eigenvalue weighted by atomic mass is 9.73. The summed E-state index contributed by atoms with van der Waals surface area (Å²) >= 11 is 0. The molecule has 0 amide bonds. The largest absolute Gasteiger partial charge is 0.495 e. The van der Waals surface area contributed by atoms with E-state index in [0.717, 1.165) is 6.42 Å². The highest BCUT2D eigenvalue weighted by molar-refractivity contribution is 6.62. The Morgan fingerprint density at radius 1 is 1.05 bits per heavy atom. The summed E-state index contributed by atoms with van der Waals surface area (Å²) in [6.45, 7) is 13.1. The predicted molar refractivity (Wildman–Crippen MR) is 88.1 cm³/mol. The van der Waals surface area contributed by atoms with Crippen molar-refractivity contribution in [1.29, 1.82) is 0 Å². The van der Waals surface area contributed by atoms with Crippen molar-refractivity contribution < 1.29 is 9.31 Å². The topological polar surface area (TPSA) is 18.5 Å². The number of hydrogen-bond donors (Lipinski definition) is 0. The molecule has 1 fully saturated rings. The van der Waals surface area contributed by atoms with Gasteiger partial charge in [0.15, 0.2) is 0 Å². The molecule has 114 valence electrons. The molecule has 1 heterocycles. The van der Waals surface area contributed by atoms with Gasteiger partial charge < -0.3 is 9.31 Å². The maximum absolute atomic E-state index is 6.25. The highest BCUT2D eigenvalue weighted by Gasteiger charge is 2.52. The first kappa shape index (κ1) is 15.1. The van der Waals surface area contributed by atoms with E-state index in [-0.39, 0.29) is 18.3 Å². The van der Waals surface area contributed by atoms with Crippen LogP contribution in [0.5, 0.6) is 0 Å². The third kappa shape index (κ3) is 2.17. The minimum absolute atomic E-state index is 0.232. The van der Waals surface area contributed by atoms with Gasteiger partial charge >= 0.3 is 7.12 Å². The summed E-state index contributed by atoms with van der Waals surface area (Å²) < 4.78 is 12.5. The molecule has 0 radical (unpaired) electrons. The van der Waals surface area contributed by atoms with E-state index in [1.54, 1.807) is 0 Å². The molecule has 21 heavy (non-hydrogen) atoms. The van der Waals surface area contributed by atoms with Gasteiger partial charge in [-0.25, -0.2) is 0 Å².